The molecule has 2 aromatic carbocycles. The van der Waals surface area contributed by atoms with E-state index in [1.807, 2.05) is 0 Å². The quantitative estimate of drug-likeness (QED) is 0.498. The zero-order valence-electron chi connectivity index (χ0n) is 18.3. The first-order valence-electron chi connectivity index (χ1n) is 10.0. The van der Waals surface area contributed by atoms with Crippen LogP contribution in [0.3, 0.4) is 0 Å². The molecule has 32 heavy (non-hydrogen) atoms. The van der Waals surface area contributed by atoms with Crippen molar-refractivity contribution in [2.75, 3.05) is 40.5 Å². The second kappa shape index (κ2) is 12.0. The van der Waals surface area contributed by atoms with Crippen molar-refractivity contribution in [3.05, 3.63) is 58.7 Å². The third-order valence-corrected chi connectivity index (χ3v) is 4.93. The Morgan fingerprint density at radius 1 is 1.03 bits per heavy atom. The molecule has 0 aliphatic carbocycles. The molecule has 0 radical (unpaired) electrons. The molecule has 0 atom stereocenters. The average molecular weight is 451 g/mol. The highest BCUT2D eigenvalue weighted by Crippen LogP contribution is 2.30. The van der Waals surface area contributed by atoms with Crippen molar-refractivity contribution >= 4 is 11.9 Å². The molecule has 0 heterocycles. The van der Waals surface area contributed by atoms with Crippen molar-refractivity contribution in [2.24, 2.45) is 0 Å². The summed E-state index contributed by atoms with van der Waals surface area (Å²) in [5, 5.41) is 8.72. The van der Waals surface area contributed by atoms with Gasteiger partial charge in [0.15, 0.2) is 0 Å². The van der Waals surface area contributed by atoms with E-state index in [1.165, 1.54) is 37.3 Å². The van der Waals surface area contributed by atoms with Gasteiger partial charge >= 0.3 is 5.97 Å². The summed E-state index contributed by atoms with van der Waals surface area (Å²) < 4.78 is 43.5. The number of carboxylic acids is 1. The molecule has 0 aromatic heterocycles. The van der Waals surface area contributed by atoms with E-state index in [0.29, 0.717) is 23.5 Å². The minimum atomic E-state index is -1.12. The highest BCUT2D eigenvalue weighted by atomic mass is 19.1. The van der Waals surface area contributed by atoms with E-state index in [2.05, 4.69) is 0 Å². The number of hydrogen-bond donors (Lipinski definition) is 1. The van der Waals surface area contributed by atoms with Gasteiger partial charge in [0.1, 0.15) is 29.7 Å². The number of nitrogens with zero attached hydrogens (tertiary/aromatic N) is 1. The number of carbonyl (C=O) groups is 2. The van der Waals surface area contributed by atoms with Crippen molar-refractivity contribution < 1.29 is 37.7 Å². The van der Waals surface area contributed by atoms with Crippen molar-refractivity contribution in [1.29, 1.82) is 0 Å². The molecule has 0 saturated heterocycles. The molecular formula is C23H27F2NO6. The predicted octanol–water partition coefficient (Wildman–Crippen LogP) is 3.47. The molecule has 0 aliphatic heterocycles. The molecule has 1 amide bonds. The third-order valence-electron chi connectivity index (χ3n) is 4.93. The van der Waals surface area contributed by atoms with E-state index in [-0.39, 0.29) is 37.6 Å². The Kier molecular flexibility index (Phi) is 9.39. The number of aliphatic carboxylic acids is 1. The summed E-state index contributed by atoms with van der Waals surface area (Å²) in [4.78, 5) is 25.3. The summed E-state index contributed by atoms with van der Waals surface area (Å²) in [7, 11) is 2.97. The predicted molar refractivity (Wildman–Crippen MR) is 113 cm³/mol. The Balaban J connectivity index is 2.18. The molecule has 0 saturated carbocycles. The minimum Gasteiger partial charge on any atom is -0.496 e. The van der Waals surface area contributed by atoms with Crippen LogP contribution in [-0.2, 0) is 16.0 Å². The summed E-state index contributed by atoms with van der Waals surface area (Å²) >= 11 is 0. The maximum atomic E-state index is 13.9. The topological polar surface area (TPSA) is 85.3 Å². The minimum absolute atomic E-state index is 0.00771. The molecule has 1 N–H and O–H groups in total. The normalized spacial score (nSPS) is 10.7. The van der Waals surface area contributed by atoms with Gasteiger partial charge < -0.3 is 24.2 Å². The van der Waals surface area contributed by atoms with E-state index in [1.54, 1.807) is 19.1 Å². The van der Waals surface area contributed by atoms with Crippen LogP contribution in [0.1, 0.15) is 27.9 Å². The van der Waals surface area contributed by atoms with Crippen LogP contribution in [-0.4, -0.2) is 62.4 Å². The van der Waals surface area contributed by atoms with Gasteiger partial charge in [0.2, 0.25) is 0 Å². The lowest BCUT2D eigenvalue weighted by atomic mass is 10.1. The number of halogens is 2. The Labute approximate surface area is 185 Å². The maximum absolute atomic E-state index is 13.9. The first kappa shape index (κ1) is 25.1. The monoisotopic (exact) mass is 451 g/mol. The van der Waals surface area contributed by atoms with E-state index < -0.39 is 24.2 Å². The van der Waals surface area contributed by atoms with Gasteiger partial charge in [-0.15, -0.1) is 0 Å². The fourth-order valence-corrected chi connectivity index (χ4v) is 3.26. The van der Waals surface area contributed by atoms with E-state index >= 15 is 0 Å². The van der Waals surface area contributed by atoms with Crippen LogP contribution in [0.5, 0.6) is 11.5 Å². The Bertz CT molecular complexity index is 905. The molecule has 0 spiro atoms. The highest BCUT2D eigenvalue weighted by Gasteiger charge is 2.20. The number of rotatable bonds is 12. The standard InChI is InChI=1S/C23H27F2NO6/c1-15-20(30-2)12-16(13-21(15)31-3)23(29)26(10-11-32-14-22(27)28)9-5-6-17-18(24)7-4-8-19(17)25/h4,7-8,12-13H,5-6,9-11,14H2,1-3H3,(H,27,28). The van der Waals surface area contributed by atoms with Crippen LogP contribution in [0.15, 0.2) is 30.3 Å². The summed E-state index contributed by atoms with van der Waals surface area (Å²) in [6.45, 7) is 1.58. The molecule has 174 valence electrons. The number of hydrogen-bond acceptors (Lipinski definition) is 5. The Hall–Kier alpha value is -3.20. The second-order valence-electron chi connectivity index (χ2n) is 7.05. The molecule has 9 heteroatoms. The maximum Gasteiger partial charge on any atom is 0.329 e. The van der Waals surface area contributed by atoms with Crippen molar-refractivity contribution in [3.63, 3.8) is 0 Å². The summed E-state index contributed by atoms with van der Waals surface area (Å²) in [5.41, 5.74) is 0.998. The smallest absolute Gasteiger partial charge is 0.329 e. The summed E-state index contributed by atoms with van der Waals surface area (Å²) in [6.07, 6.45) is 0.390. The Morgan fingerprint density at radius 3 is 2.16 bits per heavy atom. The number of amides is 1. The zero-order chi connectivity index (χ0) is 23.7. The first-order valence-corrected chi connectivity index (χ1v) is 10.0. The van der Waals surface area contributed by atoms with Crippen molar-refractivity contribution in [2.45, 2.75) is 19.8 Å². The fraction of sp³-hybridized carbons (Fsp3) is 0.391. The van der Waals surface area contributed by atoms with Gasteiger partial charge in [0, 0.05) is 29.8 Å². The van der Waals surface area contributed by atoms with Gasteiger partial charge in [0.05, 0.1) is 20.8 Å². The largest absolute Gasteiger partial charge is 0.496 e. The molecule has 2 aromatic rings. The zero-order valence-corrected chi connectivity index (χ0v) is 18.3. The van der Waals surface area contributed by atoms with Crippen LogP contribution in [0.25, 0.3) is 0 Å². The molecule has 0 aliphatic rings. The van der Waals surface area contributed by atoms with E-state index in [4.69, 9.17) is 19.3 Å². The molecule has 0 fully saturated rings. The lowest BCUT2D eigenvalue weighted by molar-refractivity contribution is -0.142. The lowest BCUT2D eigenvalue weighted by Crippen LogP contribution is -2.35. The SMILES string of the molecule is COc1cc(C(=O)N(CCCc2c(F)cccc2F)CCOCC(=O)O)cc(OC)c1C. The molecular weight excluding hydrogens is 424 g/mol. The van der Waals surface area contributed by atoms with Gasteiger partial charge in [0.25, 0.3) is 5.91 Å². The molecule has 0 bridgehead atoms. The van der Waals surface area contributed by atoms with Crippen LogP contribution >= 0.6 is 0 Å². The number of ether oxygens (including phenoxy) is 3. The number of methoxy groups -OCH3 is 2. The summed E-state index contributed by atoms with van der Waals surface area (Å²) in [6, 6.07) is 6.84. The van der Waals surface area contributed by atoms with Crippen LogP contribution < -0.4 is 9.47 Å². The van der Waals surface area contributed by atoms with Gasteiger partial charge in [-0.2, -0.15) is 0 Å². The first-order chi connectivity index (χ1) is 15.3. The van der Waals surface area contributed by atoms with Crippen molar-refractivity contribution in [1.82, 2.24) is 4.90 Å². The lowest BCUT2D eigenvalue weighted by Gasteiger charge is -2.24. The fourth-order valence-electron chi connectivity index (χ4n) is 3.26. The summed E-state index contributed by atoms with van der Waals surface area (Å²) in [5.74, 6) is -1.81. The van der Waals surface area contributed by atoms with Gasteiger partial charge in [-0.3, -0.25) is 4.79 Å². The number of carboxylic acid groups (broad SMARTS) is 1. The van der Waals surface area contributed by atoms with Gasteiger partial charge in [-0.25, -0.2) is 13.6 Å². The molecule has 2 rings (SSSR count). The molecule has 0 unspecified atom stereocenters. The van der Waals surface area contributed by atoms with Crippen LogP contribution in [0, 0.1) is 18.6 Å². The second-order valence-corrected chi connectivity index (χ2v) is 7.05. The van der Waals surface area contributed by atoms with Crippen LogP contribution in [0.4, 0.5) is 8.78 Å². The molecule has 7 nitrogen and oxygen atoms in total. The van der Waals surface area contributed by atoms with Gasteiger partial charge in [-0.1, -0.05) is 6.07 Å². The van der Waals surface area contributed by atoms with Gasteiger partial charge in [-0.05, 0) is 44.0 Å². The Morgan fingerprint density at radius 2 is 1.62 bits per heavy atom. The van der Waals surface area contributed by atoms with E-state index in [9.17, 15) is 18.4 Å². The van der Waals surface area contributed by atoms with Crippen LogP contribution in [0.2, 0.25) is 0 Å². The highest BCUT2D eigenvalue weighted by molar-refractivity contribution is 5.95. The average Bonchev–Trinajstić information content (AvgIpc) is 2.76. The number of benzene rings is 2. The van der Waals surface area contributed by atoms with Crippen molar-refractivity contribution in [3.8, 4) is 11.5 Å². The number of carbonyl (C=O) groups excluding carboxylic acids is 1. The van der Waals surface area contributed by atoms with E-state index in [0.717, 1.165) is 5.56 Å². The third kappa shape index (κ3) is 6.65.